The minimum absolute atomic E-state index is 0.0933. The predicted molar refractivity (Wildman–Crippen MR) is 107 cm³/mol. The van der Waals surface area contributed by atoms with Gasteiger partial charge in [0.05, 0.1) is 5.75 Å². The summed E-state index contributed by atoms with van der Waals surface area (Å²) in [5, 5.41) is 12.1. The van der Waals surface area contributed by atoms with Crippen molar-refractivity contribution < 1.29 is 17.6 Å². The molecule has 2 aromatic heterocycles. The Balaban J connectivity index is 1.47. The van der Waals surface area contributed by atoms with Crippen LogP contribution in [0.4, 0.5) is 0 Å². The van der Waals surface area contributed by atoms with Gasteiger partial charge in [-0.15, -0.1) is 10.2 Å². The van der Waals surface area contributed by atoms with Crippen LogP contribution in [0.25, 0.3) is 11.5 Å². The second-order valence-corrected chi connectivity index (χ2v) is 9.38. The molecule has 0 bridgehead atoms. The summed E-state index contributed by atoms with van der Waals surface area (Å²) in [7, 11) is -3.51. The van der Waals surface area contributed by atoms with Crippen molar-refractivity contribution in [3.05, 3.63) is 53.0 Å². The molecule has 1 aromatic carbocycles. The van der Waals surface area contributed by atoms with Crippen LogP contribution in [-0.4, -0.2) is 41.8 Å². The summed E-state index contributed by atoms with van der Waals surface area (Å²) in [4.78, 5) is 0. The number of benzene rings is 1. The van der Waals surface area contributed by atoms with E-state index in [1.165, 1.54) is 4.31 Å². The summed E-state index contributed by atoms with van der Waals surface area (Å²) in [5.41, 5.74) is 0.852. The number of hydrogen-bond donors (Lipinski definition) is 0. The molecule has 1 aliphatic heterocycles. The molecule has 28 heavy (non-hydrogen) atoms. The van der Waals surface area contributed by atoms with Crippen LogP contribution in [0.3, 0.4) is 0 Å². The molecule has 4 rings (SSSR count). The van der Waals surface area contributed by atoms with Crippen LogP contribution in [0.15, 0.2) is 51.6 Å². The average molecular weight is 420 g/mol. The molecule has 3 heterocycles. The number of para-hydroxylation sites is 1. The third-order valence-electron chi connectivity index (χ3n) is 4.66. The Kier molecular flexibility index (Phi) is 5.74. The Hall–Kier alpha value is -2.23. The highest BCUT2D eigenvalue weighted by atomic mass is 32.2. The Morgan fingerprint density at radius 1 is 1.18 bits per heavy atom. The second-order valence-electron chi connectivity index (χ2n) is 6.56. The summed E-state index contributed by atoms with van der Waals surface area (Å²) in [6.07, 6.45) is 2.41. The molecule has 1 unspecified atom stereocenters. The minimum Gasteiger partial charge on any atom is -0.492 e. The van der Waals surface area contributed by atoms with E-state index in [0.29, 0.717) is 30.5 Å². The fourth-order valence-corrected chi connectivity index (χ4v) is 5.40. The van der Waals surface area contributed by atoms with E-state index in [0.717, 1.165) is 18.4 Å². The molecule has 1 fully saturated rings. The summed E-state index contributed by atoms with van der Waals surface area (Å²) >= 11 is 1.54. The van der Waals surface area contributed by atoms with Gasteiger partial charge in [0.2, 0.25) is 21.8 Å². The van der Waals surface area contributed by atoms with Gasteiger partial charge in [0.1, 0.15) is 18.4 Å². The van der Waals surface area contributed by atoms with E-state index in [9.17, 15) is 8.42 Å². The Morgan fingerprint density at radius 3 is 2.82 bits per heavy atom. The van der Waals surface area contributed by atoms with E-state index in [-0.39, 0.29) is 12.4 Å². The molecule has 0 amide bonds. The largest absolute Gasteiger partial charge is 0.492 e. The normalized spacial score (nSPS) is 18.2. The Labute approximate surface area is 168 Å². The van der Waals surface area contributed by atoms with E-state index in [1.54, 1.807) is 23.5 Å². The van der Waals surface area contributed by atoms with Gasteiger partial charge in [0.15, 0.2) is 0 Å². The molecule has 0 aliphatic carbocycles. The molecule has 3 aromatic rings. The smallest absolute Gasteiger partial charge is 0.248 e. The maximum atomic E-state index is 13.0. The van der Waals surface area contributed by atoms with Crippen LogP contribution >= 0.6 is 11.3 Å². The first-order valence-corrected chi connectivity index (χ1v) is 11.7. The lowest BCUT2D eigenvalue weighted by Crippen LogP contribution is -2.41. The van der Waals surface area contributed by atoms with Gasteiger partial charge in [-0.25, -0.2) is 8.42 Å². The monoisotopic (exact) mass is 419 g/mol. The first-order chi connectivity index (χ1) is 13.6. The number of aromatic nitrogens is 2. The number of thiophene rings is 1. The molecule has 0 radical (unpaired) electrons. The average Bonchev–Trinajstić information content (AvgIpc) is 3.40. The van der Waals surface area contributed by atoms with Crippen molar-refractivity contribution in [1.29, 1.82) is 0 Å². The first kappa shape index (κ1) is 19.1. The summed E-state index contributed by atoms with van der Waals surface area (Å²) < 4.78 is 38.8. The van der Waals surface area contributed by atoms with E-state index >= 15 is 0 Å². The molecule has 0 saturated carbocycles. The first-order valence-electron chi connectivity index (χ1n) is 9.17. The standard InChI is InChI=1S/C19H21N3O4S2/c23-28(24,13-11-25-16-6-2-1-3-7-16)22-10-5-4-8-17(22)19-21-20-18(26-19)15-9-12-27-14-15/h1-3,6-7,9,12,14,17H,4-5,8,10-11,13H2. The highest BCUT2D eigenvalue weighted by Crippen LogP contribution is 2.34. The molecule has 1 saturated heterocycles. The zero-order valence-electron chi connectivity index (χ0n) is 15.2. The Bertz CT molecular complexity index is 987. The molecular weight excluding hydrogens is 398 g/mol. The van der Waals surface area contributed by atoms with Crippen molar-refractivity contribution in [2.24, 2.45) is 0 Å². The predicted octanol–water partition coefficient (Wildman–Crippen LogP) is 3.73. The second kappa shape index (κ2) is 8.42. The van der Waals surface area contributed by atoms with Crippen LogP contribution in [-0.2, 0) is 10.0 Å². The van der Waals surface area contributed by atoms with Crippen LogP contribution in [0.5, 0.6) is 5.75 Å². The van der Waals surface area contributed by atoms with E-state index in [2.05, 4.69) is 10.2 Å². The quantitative estimate of drug-likeness (QED) is 0.580. The summed E-state index contributed by atoms with van der Waals surface area (Å²) in [5.74, 6) is 1.34. The van der Waals surface area contributed by atoms with E-state index in [1.807, 2.05) is 35.0 Å². The van der Waals surface area contributed by atoms with E-state index in [4.69, 9.17) is 9.15 Å². The summed E-state index contributed by atoms with van der Waals surface area (Å²) in [6, 6.07) is 10.7. The van der Waals surface area contributed by atoms with Crippen molar-refractivity contribution in [2.75, 3.05) is 18.9 Å². The minimum atomic E-state index is -3.51. The lowest BCUT2D eigenvalue weighted by Gasteiger charge is -2.32. The van der Waals surface area contributed by atoms with Gasteiger partial charge < -0.3 is 9.15 Å². The van der Waals surface area contributed by atoms with Crippen molar-refractivity contribution in [3.63, 3.8) is 0 Å². The number of piperidine rings is 1. The molecule has 1 aliphatic rings. The topological polar surface area (TPSA) is 85.5 Å². The fourth-order valence-electron chi connectivity index (χ4n) is 3.26. The summed E-state index contributed by atoms with van der Waals surface area (Å²) in [6.45, 7) is 0.550. The molecule has 148 valence electrons. The van der Waals surface area contributed by atoms with Crippen LogP contribution in [0, 0.1) is 0 Å². The van der Waals surface area contributed by atoms with Gasteiger partial charge >= 0.3 is 0 Å². The van der Waals surface area contributed by atoms with Crippen LogP contribution < -0.4 is 4.74 Å². The maximum absolute atomic E-state index is 13.0. The van der Waals surface area contributed by atoms with Gasteiger partial charge in [0, 0.05) is 17.5 Å². The Morgan fingerprint density at radius 2 is 2.04 bits per heavy atom. The zero-order chi connectivity index (χ0) is 19.4. The number of hydrogen-bond acceptors (Lipinski definition) is 7. The van der Waals surface area contributed by atoms with Gasteiger partial charge in [0.25, 0.3) is 0 Å². The third-order valence-corrected chi connectivity index (χ3v) is 7.18. The van der Waals surface area contributed by atoms with Gasteiger partial charge in [-0.3, -0.25) is 0 Å². The lowest BCUT2D eigenvalue weighted by molar-refractivity contribution is 0.218. The van der Waals surface area contributed by atoms with Gasteiger partial charge in [-0.1, -0.05) is 24.6 Å². The number of nitrogens with zero attached hydrogens (tertiary/aromatic N) is 3. The number of ether oxygens (including phenoxy) is 1. The lowest BCUT2D eigenvalue weighted by atomic mass is 10.1. The molecule has 0 spiro atoms. The molecule has 7 nitrogen and oxygen atoms in total. The van der Waals surface area contributed by atoms with Gasteiger partial charge in [-0.2, -0.15) is 15.6 Å². The van der Waals surface area contributed by atoms with Gasteiger partial charge in [-0.05, 0) is 36.4 Å². The van der Waals surface area contributed by atoms with Crippen molar-refractivity contribution in [1.82, 2.24) is 14.5 Å². The SMILES string of the molecule is O=S(=O)(CCOc1ccccc1)N1CCCCC1c1nnc(-c2ccsc2)o1. The van der Waals surface area contributed by atoms with Crippen molar-refractivity contribution >= 4 is 21.4 Å². The van der Waals surface area contributed by atoms with Crippen LogP contribution in [0.1, 0.15) is 31.2 Å². The molecule has 0 N–H and O–H groups in total. The third kappa shape index (κ3) is 4.26. The van der Waals surface area contributed by atoms with E-state index < -0.39 is 16.1 Å². The number of rotatable bonds is 7. The molecular formula is C19H21N3O4S2. The van der Waals surface area contributed by atoms with Crippen LogP contribution in [0.2, 0.25) is 0 Å². The fraction of sp³-hybridized carbons (Fsp3) is 0.368. The van der Waals surface area contributed by atoms with Crippen molar-refractivity contribution in [3.8, 4) is 17.2 Å². The maximum Gasteiger partial charge on any atom is 0.248 e. The molecule has 9 heteroatoms. The highest BCUT2D eigenvalue weighted by Gasteiger charge is 2.36. The number of sulfonamides is 1. The van der Waals surface area contributed by atoms with Crippen molar-refractivity contribution in [2.45, 2.75) is 25.3 Å². The highest BCUT2D eigenvalue weighted by molar-refractivity contribution is 7.89. The zero-order valence-corrected chi connectivity index (χ0v) is 16.9. The molecule has 1 atom stereocenters.